The average molecular weight is 326 g/mol. The highest BCUT2D eigenvalue weighted by atomic mass is 79.9. The molecule has 0 aliphatic rings. The standard InChI is InChI=1S/C8H10Br2N2O2/c1-5(2)14-4-12-8(13)7(10)6(9)3-11-12/h3,5H,4H2,1-2H3. The molecular weight excluding hydrogens is 316 g/mol. The van der Waals surface area contributed by atoms with Gasteiger partial charge in [-0.25, -0.2) is 4.68 Å². The lowest BCUT2D eigenvalue weighted by atomic mass is 10.5. The summed E-state index contributed by atoms with van der Waals surface area (Å²) in [6.45, 7) is 3.97. The van der Waals surface area contributed by atoms with Crippen molar-refractivity contribution in [1.29, 1.82) is 0 Å². The number of halogens is 2. The predicted octanol–water partition coefficient (Wildman–Crippen LogP) is 2.15. The summed E-state index contributed by atoms with van der Waals surface area (Å²) in [5, 5.41) is 3.91. The van der Waals surface area contributed by atoms with Crippen molar-refractivity contribution in [2.45, 2.75) is 26.7 Å². The molecule has 4 nitrogen and oxygen atoms in total. The number of nitrogens with zero attached hydrogens (tertiary/aromatic N) is 2. The summed E-state index contributed by atoms with van der Waals surface area (Å²) in [6.07, 6.45) is 1.63. The molecule has 0 fully saturated rings. The van der Waals surface area contributed by atoms with Crippen LogP contribution in [0.5, 0.6) is 0 Å². The molecular formula is C8H10Br2N2O2. The first-order chi connectivity index (χ1) is 6.52. The summed E-state index contributed by atoms with van der Waals surface area (Å²) in [6, 6.07) is 0. The zero-order valence-corrected chi connectivity index (χ0v) is 11.0. The van der Waals surface area contributed by atoms with Gasteiger partial charge in [0.25, 0.3) is 5.56 Å². The Kier molecular flexibility index (Phi) is 4.28. The van der Waals surface area contributed by atoms with Crippen LogP contribution < -0.4 is 5.56 Å². The van der Waals surface area contributed by atoms with Gasteiger partial charge in [-0.15, -0.1) is 0 Å². The van der Waals surface area contributed by atoms with Gasteiger partial charge in [-0.1, -0.05) is 0 Å². The topological polar surface area (TPSA) is 44.1 Å². The molecule has 0 saturated carbocycles. The lowest BCUT2D eigenvalue weighted by molar-refractivity contribution is 0.0192. The molecule has 78 valence electrons. The highest BCUT2D eigenvalue weighted by Crippen LogP contribution is 2.16. The average Bonchev–Trinajstić information content (AvgIpc) is 2.13. The van der Waals surface area contributed by atoms with Crippen LogP contribution in [-0.2, 0) is 11.5 Å². The van der Waals surface area contributed by atoms with Gasteiger partial charge in [0.05, 0.1) is 16.8 Å². The summed E-state index contributed by atoms with van der Waals surface area (Å²) in [5.74, 6) is 0. The molecule has 6 heteroatoms. The molecule has 1 heterocycles. The lowest BCUT2D eigenvalue weighted by Gasteiger charge is -2.09. The fourth-order valence-electron chi connectivity index (χ4n) is 0.757. The third kappa shape index (κ3) is 2.90. The van der Waals surface area contributed by atoms with Gasteiger partial charge in [0.15, 0.2) is 0 Å². The molecule has 0 spiro atoms. The van der Waals surface area contributed by atoms with E-state index in [-0.39, 0.29) is 18.4 Å². The quantitative estimate of drug-likeness (QED) is 0.855. The molecule has 0 aromatic carbocycles. The fourth-order valence-corrected chi connectivity index (χ4v) is 1.32. The highest BCUT2D eigenvalue weighted by molar-refractivity contribution is 9.13. The Balaban J connectivity index is 2.89. The van der Waals surface area contributed by atoms with Crippen molar-refractivity contribution in [1.82, 2.24) is 9.78 Å². The van der Waals surface area contributed by atoms with Gasteiger partial charge in [0, 0.05) is 0 Å². The van der Waals surface area contributed by atoms with Crippen molar-refractivity contribution in [3.63, 3.8) is 0 Å². The zero-order chi connectivity index (χ0) is 10.7. The molecule has 0 unspecified atom stereocenters. The Morgan fingerprint density at radius 2 is 2.21 bits per heavy atom. The van der Waals surface area contributed by atoms with Crippen molar-refractivity contribution in [2.24, 2.45) is 0 Å². The molecule has 0 amide bonds. The molecule has 1 aromatic rings. The molecule has 0 N–H and O–H groups in total. The van der Waals surface area contributed by atoms with Crippen LogP contribution in [0.25, 0.3) is 0 Å². The second kappa shape index (κ2) is 5.04. The monoisotopic (exact) mass is 324 g/mol. The first-order valence-electron chi connectivity index (χ1n) is 4.05. The first-order valence-corrected chi connectivity index (χ1v) is 5.63. The van der Waals surface area contributed by atoms with E-state index in [0.29, 0.717) is 8.95 Å². The van der Waals surface area contributed by atoms with Crippen LogP contribution in [0.15, 0.2) is 19.9 Å². The summed E-state index contributed by atoms with van der Waals surface area (Å²) >= 11 is 6.36. The molecule has 0 atom stereocenters. The summed E-state index contributed by atoms with van der Waals surface area (Å²) < 4.78 is 7.63. The number of hydrogen-bond donors (Lipinski definition) is 0. The van der Waals surface area contributed by atoms with E-state index in [1.54, 1.807) is 6.20 Å². The second-order valence-electron chi connectivity index (χ2n) is 2.96. The van der Waals surface area contributed by atoms with Gasteiger partial charge < -0.3 is 4.74 Å². The largest absolute Gasteiger partial charge is 0.356 e. The van der Waals surface area contributed by atoms with E-state index in [4.69, 9.17) is 4.74 Å². The predicted molar refractivity (Wildman–Crippen MR) is 60.1 cm³/mol. The van der Waals surface area contributed by atoms with E-state index in [9.17, 15) is 4.79 Å². The molecule has 0 saturated heterocycles. The van der Waals surface area contributed by atoms with Crippen molar-refractivity contribution >= 4 is 31.9 Å². The van der Waals surface area contributed by atoms with E-state index < -0.39 is 0 Å². The number of ether oxygens (including phenoxy) is 1. The maximum atomic E-state index is 11.5. The van der Waals surface area contributed by atoms with E-state index in [1.165, 1.54) is 4.68 Å². The van der Waals surface area contributed by atoms with E-state index in [0.717, 1.165) is 0 Å². The van der Waals surface area contributed by atoms with E-state index in [1.807, 2.05) is 13.8 Å². The van der Waals surface area contributed by atoms with Gasteiger partial charge in [0.1, 0.15) is 11.2 Å². The minimum atomic E-state index is -0.208. The van der Waals surface area contributed by atoms with Crippen LogP contribution in [0, 0.1) is 0 Å². The third-order valence-electron chi connectivity index (χ3n) is 1.47. The maximum Gasteiger partial charge on any atom is 0.284 e. The van der Waals surface area contributed by atoms with Crippen molar-refractivity contribution in [3.8, 4) is 0 Å². The Morgan fingerprint density at radius 3 is 2.79 bits per heavy atom. The summed E-state index contributed by atoms with van der Waals surface area (Å²) in [7, 11) is 0. The minimum Gasteiger partial charge on any atom is -0.356 e. The molecule has 0 aliphatic heterocycles. The second-order valence-corrected chi connectivity index (χ2v) is 4.60. The molecule has 14 heavy (non-hydrogen) atoms. The van der Waals surface area contributed by atoms with E-state index >= 15 is 0 Å². The Morgan fingerprint density at radius 1 is 1.57 bits per heavy atom. The lowest BCUT2D eigenvalue weighted by Crippen LogP contribution is -2.25. The molecule has 1 rings (SSSR count). The Bertz CT molecular complexity index is 376. The smallest absolute Gasteiger partial charge is 0.284 e. The van der Waals surface area contributed by atoms with Crippen molar-refractivity contribution < 1.29 is 4.74 Å². The maximum absolute atomic E-state index is 11.5. The highest BCUT2D eigenvalue weighted by Gasteiger charge is 2.06. The number of aromatic nitrogens is 2. The van der Waals surface area contributed by atoms with Crippen LogP contribution in [-0.4, -0.2) is 15.9 Å². The van der Waals surface area contributed by atoms with Crippen molar-refractivity contribution in [3.05, 3.63) is 25.5 Å². The fraction of sp³-hybridized carbons (Fsp3) is 0.500. The van der Waals surface area contributed by atoms with Crippen LogP contribution >= 0.6 is 31.9 Å². The molecule has 1 aromatic heterocycles. The summed E-state index contributed by atoms with van der Waals surface area (Å²) in [4.78, 5) is 11.5. The van der Waals surface area contributed by atoms with E-state index in [2.05, 4.69) is 37.0 Å². The molecule has 0 bridgehead atoms. The number of rotatable bonds is 3. The Labute approximate surface area is 98.5 Å². The summed E-state index contributed by atoms with van der Waals surface area (Å²) in [5.41, 5.74) is -0.208. The van der Waals surface area contributed by atoms with Gasteiger partial charge in [-0.05, 0) is 45.7 Å². The van der Waals surface area contributed by atoms with Gasteiger partial charge in [0.2, 0.25) is 0 Å². The van der Waals surface area contributed by atoms with Crippen LogP contribution in [0.4, 0.5) is 0 Å². The van der Waals surface area contributed by atoms with Crippen LogP contribution in [0.3, 0.4) is 0 Å². The van der Waals surface area contributed by atoms with Crippen LogP contribution in [0.2, 0.25) is 0 Å². The Hall–Kier alpha value is -0.200. The normalized spacial score (nSPS) is 10.9. The van der Waals surface area contributed by atoms with Crippen molar-refractivity contribution in [2.75, 3.05) is 0 Å². The molecule has 0 radical (unpaired) electrons. The molecule has 0 aliphatic carbocycles. The van der Waals surface area contributed by atoms with Gasteiger partial charge in [-0.3, -0.25) is 4.79 Å². The zero-order valence-electron chi connectivity index (χ0n) is 7.83. The van der Waals surface area contributed by atoms with Gasteiger partial charge in [-0.2, -0.15) is 5.10 Å². The van der Waals surface area contributed by atoms with Gasteiger partial charge >= 0.3 is 0 Å². The third-order valence-corrected chi connectivity index (χ3v) is 3.37. The first kappa shape index (κ1) is 11.9. The van der Waals surface area contributed by atoms with Crippen LogP contribution in [0.1, 0.15) is 13.8 Å². The minimum absolute atomic E-state index is 0.0751. The SMILES string of the molecule is CC(C)OCn1ncc(Br)c(Br)c1=O. The number of hydrogen-bond acceptors (Lipinski definition) is 3.